The van der Waals surface area contributed by atoms with Crippen LogP contribution >= 0.6 is 15.9 Å². The molecule has 0 atom stereocenters. The Labute approximate surface area is 155 Å². The van der Waals surface area contributed by atoms with Gasteiger partial charge in [0, 0.05) is 22.2 Å². The Morgan fingerprint density at radius 2 is 1.88 bits per heavy atom. The average Bonchev–Trinajstić information content (AvgIpc) is 2.62. The molecule has 0 radical (unpaired) electrons. The van der Waals surface area contributed by atoms with E-state index in [2.05, 4.69) is 21.2 Å². The lowest BCUT2D eigenvalue weighted by molar-refractivity contribution is -0.111. The van der Waals surface area contributed by atoms with Crippen molar-refractivity contribution in [2.24, 2.45) is 0 Å². The number of amides is 1. The van der Waals surface area contributed by atoms with Crippen molar-refractivity contribution >= 4 is 33.6 Å². The van der Waals surface area contributed by atoms with Crippen molar-refractivity contribution in [2.45, 2.75) is 6.92 Å². The first-order valence-electron chi connectivity index (χ1n) is 7.70. The van der Waals surface area contributed by atoms with Gasteiger partial charge in [-0.2, -0.15) is 0 Å². The summed E-state index contributed by atoms with van der Waals surface area (Å²) in [6.07, 6.45) is 3.15. The molecule has 0 saturated carbocycles. The monoisotopic (exact) mass is 405 g/mol. The fourth-order valence-corrected chi connectivity index (χ4v) is 2.57. The maximum absolute atomic E-state index is 12.3. The van der Waals surface area contributed by atoms with E-state index >= 15 is 0 Å². The topological polar surface area (TPSA) is 56.8 Å². The number of carbonyl (C=O) groups is 1. The molecule has 1 N–H and O–H groups in total. The molecule has 0 unspecified atom stereocenters. The standard InChI is InChI=1S/C19H20BrNO4/c1-4-25-17-8-6-14(20)11-13(17)5-10-19(22)21-16-12-15(23-2)7-9-18(16)24-3/h5-12H,4H2,1-3H3,(H,21,22)/b10-5+. The Balaban J connectivity index is 2.18. The smallest absolute Gasteiger partial charge is 0.248 e. The predicted molar refractivity (Wildman–Crippen MR) is 103 cm³/mol. The minimum Gasteiger partial charge on any atom is -0.497 e. The van der Waals surface area contributed by atoms with E-state index in [0.29, 0.717) is 29.5 Å². The van der Waals surface area contributed by atoms with Crippen LogP contribution in [0.5, 0.6) is 17.2 Å². The van der Waals surface area contributed by atoms with Crippen LogP contribution in [-0.4, -0.2) is 26.7 Å². The number of nitrogens with one attached hydrogen (secondary N) is 1. The number of ether oxygens (including phenoxy) is 3. The van der Waals surface area contributed by atoms with E-state index in [1.165, 1.54) is 6.08 Å². The lowest BCUT2D eigenvalue weighted by atomic mass is 10.2. The van der Waals surface area contributed by atoms with Crippen LogP contribution in [0.3, 0.4) is 0 Å². The molecule has 0 aliphatic carbocycles. The molecule has 0 fully saturated rings. The zero-order chi connectivity index (χ0) is 18.2. The maximum atomic E-state index is 12.3. The fraction of sp³-hybridized carbons (Fsp3) is 0.211. The van der Waals surface area contributed by atoms with E-state index in [1.807, 2.05) is 25.1 Å². The molecule has 0 aliphatic heterocycles. The minimum absolute atomic E-state index is 0.283. The highest BCUT2D eigenvalue weighted by atomic mass is 79.9. The summed E-state index contributed by atoms with van der Waals surface area (Å²) in [5.74, 6) is 1.62. The van der Waals surface area contributed by atoms with Crippen LogP contribution in [0.4, 0.5) is 5.69 Å². The second kappa shape index (κ2) is 9.13. The SMILES string of the molecule is CCOc1ccc(Br)cc1/C=C/C(=O)Nc1cc(OC)ccc1OC. The summed E-state index contributed by atoms with van der Waals surface area (Å²) < 4.78 is 16.9. The van der Waals surface area contributed by atoms with E-state index in [1.54, 1.807) is 38.5 Å². The molecule has 0 aromatic heterocycles. The van der Waals surface area contributed by atoms with Gasteiger partial charge in [0.05, 0.1) is 26.5 Å². The van der Waals surface area contributed by atoms with Gasteiger partial charge in [-0.15, -0.1) is 0 Å². The molecule has 0 heterocycles. The van der Waals surface area contributed by atoms with E-state index in [0.717, 1.165) is 10.0 Å². The van der Waals surface area contributed by atoms with Gasteiger partial charge in [-0.25, -0.2) is 0 Å². The van der Waals surface area contributed by atoms with Crippen LogP contribution in [0.25, 0.3) is 6.08 Å². The molecular weight excluding hydrogens is 386 g/mol. The number of hydrogen-bond acceptors (Lipinski definition) is 4. The number of rotatable bonds is 7. The quantitative estimate of drug-likeness (QED) is 0.688. The summed E-state index contributed by atoms with van der Waals surface area (Å²) >= 11 is 3.42. The summed E-state index contributed by atoms with van der Waals surface area (Å²) in [7, 11) is 3.11. The largest absolute Gasteiger partial charge is 0.497 e. The first-order chi connectivity index (χ1) is 12.1. The number of hydrogen-bond donors (Lipinski definition) is 1. The van der Waals surface area contributed by atoms with E-state index in [4.69, 9.17) is 14.2 Å². The molecular formula is C19H20BrNO4. The summed E-state index contributed by atoms with van der Waals surface area (Å²) in [4.78, 5) is 12.3. The summed E-state index contributed by atoms with van der Waals surface area (Å²) in [5.41, 5.74) is 1.35. The third-order valence-electron chi connectivity index (χ3n) is 3.35. The normalized spacial score (nSPS) is 10.6. The Morgan fingerprint density at radius 3 is 2.56 bits per heavy atom. The molecule has 25 heavy (non-hydrogen) atoms. The van der Waals surface area contributed by atoms with Crippen LogP contribution in [0, 0.1) is 0 Å². The average molecular weight is 406 g/mol. The van der Waals surface area contributed by atoms with Crippen molar-refractivity contribution in [3.8, 4) is 17.2 Å². The van der Waals surface area contributed by atoms with Gasteiger partial charge in [-0.05, 0) is 43.3 Å². The van der Waals surface area contributed by atoms with Gasteiger partial charge in [0.15, 0.2) is 0 Å². The zero-order valence-corrected chi connectivity index (χ0v) is 15.9. The van der Waals surface area contributed by atoms with Gasteiger partial charge in [-0.3, -0.25) is 4.79 Å². The fourth-order valence-electron chi connectivity index (χ4n) is 2.19. The summed E-state index contributed by atoms with van der Waals surface area (Å²) in [6, 6.07) is 10.8. The highest BCUT2D eigenvalue weighted by Crippen LogP contribution is 2.29. The molecule has 0 saturated heterocycles. The van der Waals surface area contributed by atoms with Gasteiger partial charge in [-0.1, -0.05) is 15.9 Å². The Hall–Kier alpha value is -2.47. The number of carbonyl (C=O) groups excluding carboxylic acids is 1. The molecule has 6 heteroatoms. The maximum Gasteiger partial charge on any atom is 0.248 e. The van der Waals surface area contributed by atoms with Crippen molar-refractivity contribution in [3.05, 3.63) is 52.5 Å². The molecule has 0 bridgehead atoms. The number of anilines is 1. The Kier molecular flexibility index (Phi) is 6.89. The number of methoxy groups -OCH3 is 2. The third-order valence-corrected chi connectivity index (χ3v) is 3.84. The molecule has 1 amide bonds. The van der Waals surface area contributed by atoms with Crippen LogP contribution in [0.15, 0.2) is 46.9 Å². The Bertz CT molecular complexity index is 774. The second-order valence-electron chi connectivity index (χ2n) is 5.00. The number of benzene rings is 2. The molecule has 5 nitrogen and oxygen atoms in total. The van der Waals surface area contributed by atoms with Crippen molar-refractivity contribution in [3.63, 3.8) is 0 Å². The van der Waals surface area contributed by atoms with E-state index in [9.17, 15) is 4.79 Å². The van der Waals surface area contributed by atoms with E-state index in [-0.39, 0.29) is 5.91 Å². The van der Waals surface area contributed by atoms with E-state index < -0.39 is 0 Å². The second-order valence-corrected chi connectivity index (χ2v) is 5.92. The number of halogens is 1. The molecule has 0 aliphatic rings. The van der Waals surface area contributed by atoms with Crippen LogP contribution in [-0.2, 0) is 4.79 Å². The van der Waals surface area contributed by atoms with Crippen molar-refractivity contribution < 1.29 is 19.0 Å². The summed E-state index contributed by atoms with van der Waals surface area (Å²) in [5, 5.41) is 2.79. The van der Waals surface area contributed by atoms with Crippen LogP contribution in [0.2, 0.25) is 0 Å². The first-order valence-corrected chi connectivity index (χ1v) is 8.50. The molecule has 2 aromatic rings. The predicted octanol–water partition coefficient (Wildman–Crippen LogP) is 4.52. The summed E-state index contributed by atoms with van der Waals surface area (Å²) in [6.45, 7) is 2.47. The van der Waals surface area contributed by atoms with Gasteiger partial charge < -0.3 is 19.5 Å². The van der Waals surface area contributed by atoms with Gasteiger partial charge in [0.2, 0.25) is 5.91 Å². The zero-order valence-electron chi connectivity index (χ0n) is 14.3. The van der Waals surface area contributed by atoms with Crippen LogP contribution < -0.4 is 19.5 Å². The van der Waals surface area contributed by atoms with Crippen LogP contribution in [0.1, 0.15) is 12.5 Å². The highest BCUT2D eigenvalue weighted by Gasteiger charge is 2.08. The van der Waals surface area contributed by atoms with Crippen molar-refractivity contribution in [1.82, 2.24) is 0 Å². The van der Waals surface area contributed by atoms with Crippen molar-refractivity contribution in [2.75, 3.05) is 26.1 Å². The lowest BCUT2D eigenvalue weighted by Crippen LogP contribution is -2.09. The molecule has 0 spiro atoms. The van der Waals surface area contributed by atoms with Gasteiger partial charge in [0.1, 0.15) is 17.2 Å². The third kappa shape index (κ3) is 5.26. The molecule has 2 aromatic carbocycles. The molecule has 2 rings (SSSR count). The Morgan fingerprint density at radius 1 is 1.12 bits per heavy atom. The van der Waals surface area contributed by atoms with Gasteiger partial charge >= 0.3 is 0 Å². The highest BCUT2D eigenvalue weighted by molar-refractivity contribution is 9.10. The van der Waals surface area contributed by atoms with Crippen molar-refractivity contribution in [1.29, 1.82) is 0 Å². The minimum atomic E-state index is -0.283. The van der Waals surface area contributed by atoms with Gasteiger partial charge in [0.25, 0.3) is 0 Å². The molecule has 132 valence electrons. The first kappa shape index (κ1) is 18.9. The lowest BCUT2D eigenvalue weighted by Gasteiger charge is -2.11.